The average Bonchev–Trinajstić information content (AvgIpc) is 3.43. The number of aromatic nitrogens is 3. The fourth-order valence-corrected chi connectivity index (χ4v) is 5.19. The number of esters is 1. The molecule has 0 atom stereocenters. The van der Waals surface area contributed by atoms with Gasteiger partial charge in [0, 0.05) is 24.1 Å². The molecule has 0 saturated heterocycles. The number of aryl methyl sites for hydroxylation is 1. The minimum absolute atomic E-state index is 0.0139. The van der Waals surface area contributed by atoms with Crippen LogP contribution in [0.4, 0.5) is 5.13 Å². The third kappa shape index (κ3) is 3.97. The molecule has 0 N–H and O–H groups in total. The molecule has 3 aromatic rings. The van der Waals surface area contributed by atoms with Crippen molar-refractivity contribution >= 4 is 51.0 Å². The molecular formula is C20H20N4O3S2. The molecule has 0 radical (unpaired) electrons. The fourth-order valence-electron chi connectivity index (χ4n) is 3.29. The summed E-state index contributed by atoms with van der Waals surface area (Å²) in [6, 6.07) is 7.98. The van der Waals surface area contributed by atoms with E-state index >= 15 is 0 Å². The highest BCUT2D eigenvalue weighted by Crippen LogP contribution is 2.37. The highest BCUT2D eigenvalue weighted by Gasteiger charge is 2.34. The Bertz CT molecular complexity index is 1090. The molecule has 1 fully saturated rings. The Morgan fingerprint density at radius 1 is 1.28 bits per heavy atom. The quantitative estimate of drug-likeness (QED) is 0.333. The summed E-state index contributed by atoms with van der Waals surface area (Å²) in [5.74, 6) is 0.0413. The van der Waals surface area contributed by atoms with Gasteiger partial charge in [-0.05, 0) is 31.4 Å². The van der Waals surface area contributed by atoms with Crippen LogP contribution in [0.15, 0.2) is 28.6 Å². The van der Waals surface area contributed by atoms with E-state index in [0.717, 1.165) is 33.6 Å². The van der Waals surface area contributed by atoms with E-state index in [9.17, 15) is 9.59 Å². The van der Waals surface area contributed by atoms with Crippen LogP contribution in [0, 0.1) is 6.92 Å². The zero-order valence-electron chi connectivity index (χ0n) is 16.3. The van der Waals surface area contributed by atoms with E-state index in [4.69, 9.17) is 9.72 Å². The van der Waals surface area contributed by atoms with Crippen molar-refractivity contribution in [2.45, 2.75) is 42.8 Å². The molecule has 9 heteroatoms. The number of carbonyl (C=O) groups is 2. The number of anilines is 1. The Morgan fingerprint density at radius 2 is 2.03 bits per heavy atom. The summed E-state index contributed by atoms with van der Waals surface area (Å²) in [5, 5.41) is 9.97. The van der Waals surface area contributed by atoms with Gasteiger partial charge in [-0.1, -0.05) is 41.3 Å². The maximum Gasteiger partial charge on any atom is 0.340 e. The summed E-state index contributed by atoms with van der Waals surface area (Å²) in [6.45, 7) is 3.46. The Hall–Kier alpha value is -2.52. The third-order valence-electron chi connectivity index (χ3n) is 4.80. The number of benzene rings is 1. The number of pyridine rings is 1. The Balaban J connectivity index is 1.61. The van der Waals surface area contributed by atoms with Crippen molar-refractivity contribution in [1.82, 2.24) is 15.2 Å². The maximum absolute atomic E-state index is 12.4. The number of carbonyl (C=O) groups excluding carboxylic acids is 2. The van der Waals surface area contributed by atoms with E-state index in [0.29, 0.717) is 22.1 Å². The number of para-hydroxylation sites is 1. The van der Waals surface area contributed by atoms with Crippen LogP contribution >= 0.6 is 23.1 Å². The van der Waals surface area contributed by atoms with E-state index in [2.05, 4.69) is 10.2 Å². The van der Waals surface area contributed by atoms with E-state index in [1.807, 2.05) is 31.2 Å². The predicted molar refractivity (Wildman–Crippen MR) is 113 cm³/mol. The molecule has 0 spiro atoms. The van der Waals surface area contributed by atoms with Crippen LogP contribution in [0.1, 0.15) is 41.4 Å². The second-order valence-electron chi connectivity index (χ2n) is 6.83. The van der Waals surface area contributed by atoms with Crippen molar-refractivity contribution in [3.8, 4) is 0 Å². The topological polar surface area (TPSA) is 85.3 Å². The van der Waals surface area contributed by atoms with Gasteiger partial charge in [-0.3, -0.25) is 14.7 Å². The monoisotopic (exact) mass is 428 g/mol. The first-order valence-corrected chi connectivity index (χ1v) is 11.0. The van der Waals surface area contributed by atoms with Crippen LogP contribution in [0.25, 0.3) is 10.9 Å². The zero-order chi connectivity index (χ0) is 20.5. The van der Waals surface area contributed by atoms with Crippen molar-refractivity contribution < 1.29 is 14.3 Å². The van der Waals surface area contributed by atoms with Gasteiger partial charge in [0.15, 0.2) is 4.34 Å². The Morgan fingerprint density at radius 3 is 2.72 bits per heavy atom. The van der Waals surface area contributed by atoms with Crippen LogP contribution in [0.2, 0.25) is 0 Å². The van der Waals surface area contributed by atoms with Crippen LogP contribution in [-0.4, -0.2) is 40.2 Å². The van der Waals surface area contributed by atoms with Crippen molar-refractivity contribution in [3.05, 3.63) is 41.1 Å². The number of thioether (sulfide) groups is 1. The molecular weight excluding hydrogens is 408 g/mol. The standard InChI is InChI=1S/C20H20N4O3S2/c1-11-14-6-4-5-7-15(14)21-16(17(11)18(26)27-3)10-28-20-23-22-19(29-20)24(12(2)25)13-8-9-13/h4-7,13H,8-10H2,1-3H3. The normalized spacial score (nSPS) is 13.5. The van der Waals surface area contributed by atoms with E-state index in [-0.39, 0.29) is 11.9 Å². The highest BCUT2D eigenvalue weighted by atomic mass is 32.2. The van der Waals surface area contributed by atoms with Gasteiger partial charge < -0.3 is 4.74 Å². The summed E-state index contributed by atoms with van der Waals surface area (Å²) in [4.78, 5) is 30.8. The lowest BCUT2D eigenvalue weighted by molar-refractivity contribution is -0.116. The first-order chi connectivity index (χ1) is 14.0. The van der Waals surface area contributed by atoms with E-state index in [1.165, 1.54) is 30.2 Å². The summed E-state index contributed by atoms with van der Waals surface area (Å²) >= 11 is 2.84. The molecule has 2 heterocycles. The lowest BCUT2D eigenvalue weighted by atomic mass is 10.0. The number of ether oxygens (including phenoxy) is 1. The number of amides is 1. The molecule has 0 bridgehead atoms. The molecule has 29 heavy (non-hydrogen) atoms. The number of fused-ring (bicyclic) bond motifs is 1. The molecule has 0 unspecified atom stereocenters. The van der Waals surface area contributed by atoms with E-state index < -0.39 is 5.97 Å². The smallest absolute Gasteiger partial charge is 0.340 e. The average molecular weight is 429 g/mol. The van der Waals surface area contributed by atoms with Crippen molar-refractivity contribution in [2.24, 2.45) is 0 Å². The van der Waals surface area contributed by atoms with Gasteiger partial charge in [-0.2, -0.15) is 0 Å². The molecule has 1 saturated carbocycles. The molecule has 7 nitrogen and oxygen atoms in total. The molecule has 1 aliphatic carbocycles. The highest BCUT2D eigenvalue weighted by molar-refractivity contribution is 8.00. The SMILES string of the molecule is COC(=O)c1c(CSc2nnc(N(C(C)=O)C3CC3)s2)nc2ccccc2c1C. The second-order valence-corrected chi connectivity index (χ2v) is 9.01. The molecule has 0 aliphatic heterocycles. The first kappa shape index (κ1) is 19.8. The molecule has 1 aliphatic rings. The lowest BCUT2D eigenvalue weighted by Crippen LogP contribution is -2.30. The summed E-state index contributed by atoms with van der Waals surface area (Å²) in [6.07, 6.45) is 2.01. The molecule has 2 aromatic heterocycles. The number of hydrogen-bond acceptors (Lipinski definition) is 8. The second kappa shape index (κ2) is 8.08. The maximum atomic E-state index is 12.4. The Kier molecular flexibility index (Phi) is 5.51. The zero-order valence-corrected chi connectivity index (χ0v) is 18.0. The van der Waals surface area contributed by atoms with Crippen LogP contribution in [0.5, 0.6) is 0 Å². The Labute approximate surface area is 176 Å². The van der Waals surface area contributed by atoms with E-state index in [1.54, 1.807) is 11.8 Å². The van der Waals surface area contributed by atoms with Gasteiger partial charge in [0.25, 0.3) is 0 Å². The van der Waals surface area contributed by atoms with Gasteiger partial charge in [-0.25, -0.2) is 4.79 Å². The summed E-state index contributed by atoms with van der Waals surface area (Å²) in [5.41, 5.74) is 2.84. The minimum Gasteiger partial charge on any atom is -0.465 e. The summed E-state index contributed by atoms with van der Waals surface area (Å²) in [7, 11) is 1.37. The van der Waals surface area contributed by atoms with Crippen molar-refractivity contribution in [2.75, 3.05) is 12.0 Å². The molecule has 1 amide bonds. The summed E-state index contributed by atoms with van der Waals surface area (Å²) < 4.78 is 5.73. The van der Waals surface area contributed by atoms with Crippen molar-refractivity contribution in [1.29, 1.82) is 0 Å². The lowest BCUT2D eigenvalue weighted by Gasteiger charge is -2.15. The first-order valence-electron chi connectivity index (χ1n) is 9.22. The number of rotatable bonds is 6. The van der Waals surface area contributed by atoms with Gasteiger partial charge >= 0.3 is 5.97 Å². The number of methoxy groups -OCH3 is 1. The third-order valence-corrected chi connectivity index (χ3v) is 6.87. The van der Waals surface area contributed by atoms with Crippen LogP contribution in [0.3, 0.4) is 0 Å². The molecule has 1 aromatic carbocycles. The minimum atomic E-state index is -0.397. The predicted octanol–water partition coefficient (Wildman–Crippen LogP) is 3.99. The number of nitrogens with zero attached hydrogens (tertiary/aromatic N) is 4. The number of hydrogen-bond donors (Lipinski definition) is 0. The van der Waals surface area contributed by atoms with Gasteiger partial charge in [0.2, 0.25) is 11.0 Å². The van der Waals surface area contributed by atoms with Crippen LogP contribution in [-0.2, 0) is 15.3 Å². The van der Waals surface area contributed by atoms with Crippen LogP contribution < -0.4 is 4.90 Å². The molecule has 4 rings (SSSR count). The van der Waals surface area contributed by atoms with Crippen molar-refractivity contribution in [3.63, 3.8) is 0 Å². The molecule has 150 valence electrons. The van der Waals surface area contributed by atoms with Gasteiger partial charge in [-0.15, -0.1) is 10.2 Å². The van der Waals surface area contributed by atoms with Gasteiger partial charge in [0.05, 0.1) is 23.9 Å². The fraction of sp³-hybridized carbons (Fsp3) is 0.350. The largest absolute Gasteiger partial charge is 0.465 e. The van der Waals surface area contributed by atoms with Gasteiger partial charge in [0.1, 0.15) is 0 Å².